The van der Waals surface area contributed by atoms with Crippen LogP contribution in [0.3, 0.4) is 0 Å². The summed E-state index contributed by atoms with van der Waals surface area (Å²) in [6.07, 6.45) is 5.95. The van der Waals surface area contributed by atoms with Crippen LogP contribution in [0.5, 0.6) is 0 Å². The third-order valence-corrected chi connectivity index (χ3v) is 4.60. The molecule has 0 spiro atoms. The predicted molar refractivity (Wildman–Crippen MR) is 104 cm³/mol. The van der Waals surface area contributed by atoms with E-state index in [1.165, 1.54) is 32.4 Å². The minimum absolute atomic E-state index is 0. The Morgan fingerprint density at radius 1 is 1.35 bits per heavy atom. The van der Waals surface area contributed by atoms with Gasteiger partial charge in [0.25, 0.3) is 0 Å². The average Bonchev–Trinajstić information content (AvgIpc) is 3.12. The molecule has 2 aliphatic rings. The molecule has 0 aromatic carbocycles. The highest BCUT2D eigenvalue weighted by Crippen LogP contribution is 2.31. The zero-order valence-electron chi connectivity index (χ0n) is 14.2. The lowest BCUT2D eigenvalue weighted by atomic mass is 10.1. The summed E-state index contributed by atoms with van der Waals surface area (Å²) in [7, 11) is 1.95. The number of aromatic nitrogens is 2. The van der Waals surface area contributed by atoms with Gasteiger partial charge in [-0.05, 0) is 44.7 Å². The Kier molecular flexibility index (Phi) is 7.13. The van der Waals surface area contributed by atoms with Crippen molar-refractivity contribution in [1.29, 1.82) is 0 Å². The van der Waals surface area contributed by atoms with Crippen molar-refractivity contribution in [1.82, 2.24) is 25.3 Å². The van der Waals surface area contributed by atoms with E-state index in [1.54, 1.807) is 0 Å². The fraction of sp³-hybridized carbons (Fsp3) is 0.750. The van der Waals surface area contributed by atoms with E-state index in [2.05, 4.69) is 32.5 Å². The maximum atomic E-state index is 4.66. The molecule has 0 amide bonds. The quantitative estimate of drug-likeness (QED) is 0.407. The molecule has 1 aliphatic heterocycles. The molecule has 130 valence electrons. The van der Waals surface area contributed by atoms with Crippen LogP contribution in [-0.4, -0.2) is 52.9 Å². The van der Waals surface area contributed by atoms with Crippen LogP contribution >= 0.6 is 24.0 Å². The van der Waals surface area contributed by atoms with Crippen LogP contribution in [0.15, 0.2) is 17.3 Å². The highest BCUT2D eigenvalue weighted by atomic mass is 127. The second-order valence-electron chi connectivity index (χ2n) is 6.40. The average molecular weight is 432 g/mol. The van der Waals surface area contributed by atoms with Gasteiger partial charge >= 0.3 is 0 Å². The summed E-state index contributed by atoms with van der Waals surface area (Å²) in [6.45, 7) is 7.19. The molecular formula is C16H29IN6. The van der Waals surface area contributed by atoms with Gasteiger partial charge < -0.3 is 15.5 Å². The Hall–Kier alpha value is -0.830. The lowest BCUT2D eigenvalue weighted by Crippen LogP contribution is -2.40. The second kappa shape index (κ2) is 8.86. The molecule has 3 rings (SSSR count). The van der Waals surface area contributed by atoms with Crippen molar-refractivity contribution in [3.8, 4) is 0 Å². The first-order chi connectivity index (χ1) is 10.8. The maximum absolute atomic E-state index is 4.66. The van der Waals surface area contributed by atoms with Crippen molar-refractivity contribution in [2.45, 2.75) is 38.8 Å². The van der Waals surface area contributed by atoms with Gasteiger partial charge in [0.2, 0.25) is 0 Å². The van der Waals surface area contributed by atoms with E-state index in [4.69, 9.17) is 0 Å². The fourth-order valence-corrected chi connectivity index (χ4v) is 3.10. The van der Waals surface area contributed by atoms with Crippen LogP contribution in [0.2, 0.25) is 0 Å². The Bertz CT molecular complexity index is 510. The smallest absolute Gasteiger partial charge is 0.191 e. The minimum atomic E-state index is 0. The fourth-order valence-electron chi connectivity index (χ4n) is 3.10. The largest absolute Gasteiger partial charge is 0.357 e. The molecule has 1 aliphatic carbocycles. The molecule has 1 saturated heterocycles. The highest BCUT2D eigenvalue weighted by molar-refractivity contribution is 14.0. The Labute approximate surface area is 156 Å². The number of halogens is 1. The van der Waals surface area contributed by atoms with Crippen molar-refractivity contribution in [2.24, 2.45) is 18.0 Å². The Morgan fingerprint density at radius 2 is 2.17 bits per heavy atom. The van der Waals surface area contributed by atoms with Crippen molar-refractivity contribution in [2.75, 3.05) is 26.2 Å². The number of hydrogen-bond donors (Lipinski definition) is 2. The van der Waals surface area contributed by atoms with E-state index in [-0.39, 0.29) is 24.0 Å². The van der Waals surface area contributed by atoms with Crippen LogP contribution in [0.4, 0.5) is 0 Å². The van der Waals surface area contributed by atoms with E-state index in [0.29, 0.717) is 6.54 Å². The van der Waals surface area contributed by atoms with E-state index in [9.17, 15) is 0 Å². The standard InChI is InChI=1S/C16H28N6.HI/c1-3-17-16(19-11-15-6-8-20-21(15)2)18-10-13-7-9-22(12-13)14-4-5-14;/h6,8,13-14H,3-5,7,9-12H2,1-2H3,(H2,17,18,19);1H. The molecule has 0 bridgehead atoms. The number of guanidine groups is 1. The molecule has 1 aromatic heterocycles. The number of likely N-dealkylation sites (tertiary alicyclic amines) is 1. The van der Waals surface area contributed by atoms with Gasteiger partial charge in [-0.3, -0.25) is 4.68 Å². The first-order valence-corrected chi connectivity index (χ1v) is 8.49. The summed E-state index contributed by atoms with van der Waals surface area (Å²) >= 11 is 0. The third kappa shape index (κ3) is 5.34. The molecule has 1 aromatic rings. The van der Waals surface area contributed by atoms with Gasteiger partial charge in [0.15, 0.2) is 5.96 Å². The van der Waals surface area contributed by atoms with Crippen LogP contribution < -0.4 is 10.6 Å². The van der Waals surface area contributed by atoms with E-state index in [0.717, 1.165) is 36.7 Å². The first kappa shape index (κ1) is 18.5. The zero-order valence-corrected chi connectivity index (χ0v) is 16.5. The van der Waals surface area contributed by atoms with Gasteiger partial charge in [-0.1, -0.05) is 0 Å². The summed E-state index contributed by atoms with van der Waals surface area (Å²) in [6, 6.07) is 2.91. The maximum Gasteiger partial charge on any atom is 0.191 e. The van der Waals surface area contributed by atoms with Gasteiger partial charge in [0.1, 0.15) is 0 Å². The molecule has 1 saturated carbocycles. The van der Waals surface area contributed by atoms with E-state index < -0.39 is 0 Å². The normalized spacial score (nSPS) is 22.0. The van der Waals surface area contributed by atoms with Gasteiger partial charge in [0, 0.05) is 38.9 Å². The minimum Gasteiger partial charge on any atom is -0.357 e. The molecule has 6 nitrogen and oxygen atoms in total. The number of aliphatic imine (C=N–C) groups is 1. The van der Waals surface area contributed by atoms with Crippen molar-refractivity contribution in [3.05, 3.63) is 18.0 Å². The number of nitrogens with one attached hydrogen (secondary N) is 2. The van der Waals surface area contributed by atoms with E-state index >= 15 is 0 Å². The summed E-state index contributed by atoms with van der Waals surface area (Å²) in [4.78, 5) is 7.32. The van der Waals surface area contributed by atoms with Gasteiger partial charge in [-0.15, -0.1) is 24.0 Å². The monoisotopic (exact) mass is 432 g/mol. The molecule has 2 heterocycles. The van der Waals surface area contributed by atoms with Crippen LogP contribution in [0, 0.1) is 5.92 Å². The molecule has 7 heteroatoms. The molecule has 0 radical (unpaired) electrons. The summed E-state index contributed by atoms with van der Waals surface area (Å²) in [5.41, 5.74) is 1.12. The topological polar surface area (TPSA) is 57.5 Å². The lowest BCUT2D eigenvalue weighted by Gasteiger charge is -2.17. The molecule has 23 heavy (non-hydrogen) atoms. The van der Waals surface area contributed by atoms with E-state index in [1.807, 2.05) is 24.0 Å². The molecule has 1 unspecified atom stereocenters. The molecule has 1 atom stereocenters. The first-order valence-electron chi connectivity index (χ1n) is 8.49. The predicted octanol–water partition coefficient (Wildman–Crippen LogP) is 1.58. The lowest BCUT2D eigenvalue weighted by molar-refractivity contribution is 0.314. The van der Waals surface area contributed by atoms with Gasteiger partial charge in [0.05, 0.1) is 12.2 Å². The van der Waals surface area contributed by atoms with Crippen LogP contribution in [-0.2, 0) is 13.6 Å². The van der Waals surface area contributed by atoms with Crippen LogP contribution in [0.1, 0.15) is 31.9 Å². The third-order valence-electron chi connectivity index (χ3n) is 4.60. The number of nitrogens with zero attached hydrogens (tertiary/aromatic N) is 4. The molecule has 2 N–H and O–H groups in total. The van der Waals surface area contributed by atoms with Gasteiger partial charge in [-0.2, -0.15) is 5.10 Å². The number of aryl methyl sites for hydroxylation is 1. The van der Waals surface area contributed by atoms with Crippen LogP contribution in [0.25, 0.3) is 0 Å². The second-order valence-corrected chi connectivity index (χ2v) is 6.40. The summed E-state index contributed by atoms with van der Waals surface area (Å²) in [5.74, 6) is 1.66. The Morgan fingerprint density at radius 3 is 2.83 bits per heavy atom. The molecular weight excluding hydrogens is 403 g/mol. The number of rotatable bonds is 6. The van der Waals surface area contributed by atoms with Gasteiger partial charge in [-0.25, -0.2) is 4.99 Å². The SMILES string of the molecule is CCNC(=NCc1ccnn1C)NCC1CCN(C2CC2)C1.I. The van der Waals surface area contributed by atoms with Crippen molar-refractivity contribution < 1.29 is 0 Å². The highest BCUT2D eigenvalue weighted by Gasteiger charge is 2.34. The van der Waals surface area contributed by atoms with Crippen molar-refractivity contribution >= 4 is 29.9 Å². The summed E-state index contributed by atoms with van der Waals surface area (Å²) < 4.78 is 1.87. The number of hydrogen-bond acceptors (Lipinski definition) is 3. The summed E-state index contributed by atoms with van der Waals surface area (Å²) in [5, 5.41) is 11.0. The van der Waals surface area contributed by atoms with Crippen molar-refractivity contribution in [3.63, 3.8) is 0 Å². The zero-order chi connectivity index (χ0) is 15.4. The Balaban J connectivity index is 0.00000192. The molecule has 2 fully saturated rings.